The Kier molecular flexibility index (Phi) is 5.36. The van der Waals surface area contributed by atoms with Gasteiger partial charge in [0, 0.05) is 44.9 Å². The van der Waals surface area contributed by atoms with Gasteiger partial charge in [0.05, 0.1) is 9.82 Å². The highest BCUT2D eigenvalue weighted by atomic mass is 32.2. The molecule has 0 saturated carbocycles. The zero-order chi connectivity index (χ0) is 18.7. The van der Waals surface area contributed by atoms with Gasteiger partial charge in [0.2, 0.25) is 10.0 Å². The van der Waals surface area contributed by atoms with Crippen LogP contribution >= 0.6 is 0 Å². The lowest BCUT2D eigenvalue weighted by Gasteiger charge is -2.34. The normalized spacial score (nSPS) is 16.5. The molecule has 8 heteroatoms. The molecular formula is C18H21N3O4S. The lowest BCUT2D eigenvalue weighted by atomic mass is 10.2. The molecule has 2 aromatic carbocycles. The van der Waals surface area contributed by atoms with Crippen molar-refractivity contribution in [3.63, 3.8) is 0 Å². The maximum absolute atomic E-state index is 12.7. The maximum atomic E-state index is 12.7. The van der Waals surface area contributed by atoms with Gasteiger partial charge in [-0.3, -0.25) is 15.0 Å². The molecule has 26 heavy (non-hydrogen) atoms. The van der Waals surface area contributed by atoms with Gasteiger partial charge in [-0.05, 0) is 24.6 Å². The molecule has 1 heterocycles. The molecule has 0 aromatic heterocycles. The Labute approximate surface area is 153 Å². The van der Waals surface area contributed by atoms with E-state index >= 15 is 0 Å². The summed E-state index contributed by atoms with van der Waals surface area (Å²) in [6, 6.07) is 13.4. The fourth-order valence-corrected chi connectivity index (χ4v) is 4.44. The number of benzene rings is 2. The van der Waals surface area contributed by atoms with E-state index in [0.717, 1.165) is 11.1 Å². The molecule has 2 aromatic rings. The van der Waals surface area contributed by atoms with Crippen LogP contribution in [-0.4, -0.2) is 48.7 Å². The Bertz CT molecular complexity index is 889. The number of aryl methyl sites for hydroxylation is 1. The fraction of sp³-hybridized carbons (Fsp3) is 0.333. The first kappa shape index (κ1) is 18.5. The number of rotatable bonds is 5. The predicted octanol–water partition coefficient (Wildman–Crippen LogP) is 2.41. The molecule has 0 N–H and O–H groups in total. The lowest BCUT2D eigenvalue weighted by Crippen LogP contribution is -2.48. The van der Waals surface area contributed by atoms with Crippen molar-refractivity contribution in [3.8, 4) is 0 Å². The Morgan fingerprint density at radius 3 is 2.31 bits per heavy atom. The van der Waals surface area contributed by atoms with Crippen molar-refractivity contribution in [2.45, 2.75) is 18.4 Å². The molecule has 1 fully saturated rings. The quantitative estimate of drug-likeness (QED) is 0.592. The van der Waals surface area contributed by atoms with Crippen LogP contribution in [0.25, 0.3) is 0 Å². The Morgan fingerprint density at radius 1 is 1.04 bits per heavy atom. The highest BCUT2D eigenvalue weighted by Crippen LogP contribution is 2.20. The fourth-order valence-electron chi connectivity index (χ4n) is 3.01. The largest absolute Gasteiger partial charge is 0.296 e. The monoisotopic (exact) mass is 375 g/mol. The van der Waals surface area contributed by atoms with Gasteiger partial charge < -0.3 is 0 Å². The smallest absolute Gasteiger partial charge is 0.269 e. The first-order valence-electron chi connectivity index (χ1n) is 8.39. The van der Waals surface area contributed by atoms with E-state index in [4.69, 9.17) is 0 Å². The van der Waals surface area contributed by atoms with Crippen molar-refractivity contribution < 1.29 is 13.3 Å². The summed E-state index contributed by atoms with van der Waals surface area (Å²) in [4.78, 5) is 12.9. The zero-order valence-corrected chi connectivity index (χ0v) is 15.4. The van der Waals surface area contributed by atoms with Crippen molar-refractivity contribution in [3.05, 3.63) is 69.8 Å². The molecule has 0 spiro atoms. The highest BCUT2D eigenvalue weighted by Gasteiger charge is 2.28. The van der Waals surface area contributed by atoms with Gasteiger partial charge in [-0.2, -0.15) is 4.31 Å². The second-order valence-corrected chi connectivity index (χ2v) is 8.36. The Balaban J connectivity index is 1.63. The van der Waals surface area contributed by atoms with Crippen LogP contribution in [0.2, 0.25) is 0 Å². The summed E-state index contributed by atoms with van der Waals surface area (Å²) in [5, 5.41) is 10.9. The van der Waals surface area contributed by atoms with E-state index in [9.17, 15) is 18.5 Å². The summed E-state index contributed by atoms with van der Waals surface area (Å²) in [5.74, 6) is 0. The molecule has 0 radical (unpaired) electrons. The van der Waals surface area contributed by atoms with Gasteiger partial charge >= 0.3 is 0 Å². The second-order valence-electron chi connectivity index (χ2n) is 6.42. The number of nitrogens with zero attached hydrogens (tertiary/aromatic N) is 3. The Hall–Kier alpha value is -2.29. The van der Waals surface area contributed by atoms with Gasteiger partial charge in [0.25, 0.3) is 5.69 Å². The van der Waals surface area contributed by atoms with Crippen molar-refractivity contribution in [2.75, 3.05) is 26.2 Å². The third kappa shape index (κ3) is 4.09. The summed E-state index contributed by atoms with van der Waals surface area (Å²) >= 11 is 0. The molecule has 0 atom stereocenters. The molecule has 0 bridgehead atoms. The van der Waals surface area contributed by atoms with Crippen LogP contribution in [0.4, 0.5) is 5.69 Å². The molecule has 0 aliphatic carbocycles. The van der Waals surface area contributed by atoms with E-state index in [-0.39, 0.29) is 5.69 Å². The van der Waals surface area contributed by atoms with Crippen LogP contribution in [0.3, 0.4) is 0 Å². The SMILES string of the molecule is Cc1ccc(S(=O)(=O)N2CCN(Cc3cccc([N+](=O)[O-])c3)CC2)cc1. The number of nitro benzene ring substituents is 1. The first-order chi connectivity index (χ1) is 12.4. The topological polar surface area (TPSA) is 83.8 Å². The summed E-state index contributed by atoms with van der Waals surface area (Å²) < 4.78 is 26.9. The number of hydrogen-bond acceptors (Lipinski definition) is 5. The molecule has 3 rings (SSSR count). The first-order valence-corrected chi connectivity index (χ1v) is 9.83. The van der Waals surface area contributed by atoms with Crippen LogP contribution in [0.15, 0.2) is 53.4 Å². The van der Waals surface area contributed by atoms with Crippen molar-refractivity contribution in [2.24, 2.45) is 0 Å². The van der Waals surface area contributed by atoms with E-state index in [1.807, 2.05) is 13.0 Å². The van der Waals surface area contributed by atoms with Gasteiger partial charge in [-0.15, -0.1) is 0 Å². The van der Waals surface area contributed by atoms with Crippen LogP contribution in [0.5, 0.6) is 0 Å². The molecule has 1 saturated heterocycles. The standard InChI is InChI=1S/C18H21N3O4S/c1-15-5-7-18(8-6-15)26(24,25)20-11-9-19(10-12-20)14-16-3-2-4-17(13-16)21(22)23/h2-8,13H,9-12,14H2,1H3. The molecule has 0 unspecified atom stereocenters. The molecule has 138 valence electrons. The number of hydrogen-bond donors (Lipinski definition) is 0. The third-order valence-corrected chi connectivity index (χ3v) is 6.43. The van der Waals surface area contributed by atoms with Crippen molar-refractivity contribution >= 4 is 15.7 Å². The summed E-state index contributed by atoms with van der Waals surface area (Å²) in [6.07, 6.45) is 0. The van der Waals surface area contributed by atoms with Gasteiger partial charge in [0.15, 0.2) is 0 Å². The number of nitro groups is 1. The second kappa shape index (κ2) is 7.53. The molecular weight excluding hydrogens is 354 g/mol. The van der Waals surface area contributed by atoms with Gasteiger partial charge in [0.1, 0.15) is 0 Å². The minimum atomic E-state index is -3.48. The minimum Gasteiger partial charge on any atom is -0.296 e. The van der Waals surface area contributed by atoms with Gasteiger partial charge in [-0.25, -0.2) is 8.42 Å². The van der Waals surface area contributed by atoms with E-state index in [1.165, 1.54) is 10.4 Å². The van der Waals surface area contributed by atoms with Crippen molar-refractivity contribution in [1.29, 1.82) is 0 Å². The predicted molar refractivity (Wildman–Crippen MR) is 98.3 cm³/mol. The number of sulfonamides is 1. The minimum absolute atomic E-state index is 0.0723. The zero-order valence-electron chi connectivity index (χ0n) is 14.5. The summed E-state index contributed by atoms with van der Waals surface area (Å²) in [6.45, 7) is 4.49. The van der Waals surface area contributed by atoms with Crippen LogP contribution < -0.4 is 0 Å². The lowest BCUT2D eigenvalue weighted by molar-refractivity contribution is -0.384. The van der Waals surface area contributed by atoms with Gasteiger partial charge in [-0.1, -0.05) is 29.8 Å². The summed E-state index contributed by atoms with van der Waals surface area (Å²) in [7, 11) is -3.48. The van der Waals surface area contributed by atoms with E-state index in [1.54, 1.807) is 36.4 Å². The molecule has 1 aliphatic heterocycles. The molecule has 0 amide bonds. The highest BCUT2D eigenvalue weighted by molar-refractivity contribution is 7.89. The van der Waals surface area contributed by atoms with E-state index in [0.29, 0.717) is 37.6 Å². The average molecular weight is 375 g/mol. The number of non-ortho nitro benzene ring substituents is 1. The van der Waals surface area contributed by atoms with Crippen LogP contribution in [-0.2, 0) is 16.6 Å². The molecule has 1 aliphatic rings. The van der Waals surface area contributed by atoms with Crippen LogP contribution in [0.1, 0.15) is 11.1 Å². The Morgan fingerprint density at radius 2 is 1.69 bits per heavy atom. The average Bonchev–Trinajstić information content (AvgIpc) is 2.63. The van der Waals surface area contributed by atoms with E-state index < -0.39 is 14.9 Å². The number of piperazine rings is 1. The maximum Gasteiger partial charge on any atom is 0.269 e. The third-order valence-electron chi connectivity index (χ3n) is 4.52. The van der Waals surface area contributed by atoms with Crippen LogP contribution in [0, 0.1) is 17.0 Å². The molecule has 7 nitrogen and oxygen atoms in total. The van der Waals surface area contributed by atoms with E-state index in [2.05, 4.69) is 4.90 Å². The van der Waals surface area contributed by atoms with Crippen molar-refractivity contribution in [1.82, 2.24) is 9.21 Å². The summed E-state index contributed by atoms with van der Waals surface area (Å²) in [5.41, 5.74) is 1.95.